The number of aliphatic hydroxyl groups is 1. The first-order valence-corrected chi connectivity index (χ1v) is 8.58. The molecule has 0 saturated carbocycles. The lowest BCUT2D eigenvalue weighted by atomic mass is 10.1. The van der Waals surface area contributed by atoms with Crippen molar-refractivity contribution in [1.29, 1.82) is 0 Å². The van der Waals surface area contributed by atoms with Crippen molar-refractivity contribution < 1.29 is 14.6 Å². The largest absolute Gasteiger partial charge is 0.490 e. The summed E-state index contributed by atoms with van der Waals surface area (Å²) >= 11 is 1.88. The standard InChI is InChI=1S/C16H25NO3S/c1-12(6-7-18)21-11-14(17-2)13-4-5-15-16(10-13)20-9-3-8-19-15/h4-5,10,12,14,17-18H,3,6-9,11H2,1-2H3. The molecule has 2 N–H and O–H groups in total. The van der Waals surface area contributed by atoms with Crippen LogP contribution in [0.25, 0.3) is 0 Å². The molecule has 21 heavy (non-hydrogen) atoms. The lowest BCUT2D eigenvalue weighted by molar-refractivity contribution is 0.289. The highest BCUT2D eigenvalue weighted by Gasteiger charge is 2.16. The van der Waals surface area contributed by atoms with Crippen molar-refractivity contribution in [1.82, 2.24) is 5.32 Å². The van der Waals surface area contributed by atoms with E-state index in [9.17, 15) is 0 Å². The Labute approximate surface area is 131 Å². The summed E-state index contributed by atoms with van der Waals surface area (Å²) in [6, 6.07) is 6.46. The molecule has 0 spiro atoms. The first-order chi connectivity index (χ1) is 10.2. The first-order valence-electron chi connectivity index (χ1n) is 7.54. The van der Waals surface area contributed by atoms with E-state index in [2.05, 4.69) is 24.4 Å². The van der Waals surface area contributed by atoms with Gasteiger partial charge in [-0.05, 0) is 31.2 Å². The van der Waals surface area contributed by atoms with E-state index in [0.29, 0.717) is 11.9 Å². The van der Waals surface area contributed by atoms with Gasteiger partial charge in [0.1, 0.15) is 0 Å². The lowest BCUT2D eigenvalue weighted by Gasteiger charge is -2.20. The third kappa shape index (κ3) is 4.80. The van der Waals surface area contributed by atoms with E-state index < -0.39 is 0 Å². The van der Waals surface area contributed by atoms with Gasteiger partial charge < -0.3 is 19.9 Å². The van der Waals surface area contributed by atoms with Gasteiger partial charge in [-0.25, -0.2) is 0 Å². The van der Waals surface area contributed by atoms with Crippen LogP contribution in [0.3, 0.4) is 0 Å². The van der Waals surface area contributed by atoms with Gasteiger partial charge in [-0.1, -0.05) is 13.0 Å². The zero-order valence-electron chi connectivity index (χ0n) is 12.8. The van der Waals surface area contributed by atoms with Crippen molar-refractivity contribution >= 4 is 11.8 Å². The number of nitrogens with one attached hydrogen (secondary N) is 1. The van der Waals surface area contributed by atoms with E-state index in [1.807, 2.05) is 24.9 Å². The Balaban J connectivity index is 2.02. The predicted octanol–water partition coefficient (Wildman–Crippen LogP) is 2.61. The zero-order valence-corrected chi connectivity index (χ0v) is 13.6. The fourth-order valence-corrected chi connectivity index (χ4v) is 3.42. The van der Waals surface area contributed by atoms with Gasteiger partial charge in [0.2, 0.25) is 0 Å². The molecule has 0 bridgehead atoms. The topological polar surface area (TPSA) is 50.7 Å². The average molecular weight is 311 g/mol. The molecule has 118 valence electrons. The highest BCUT2D eigenvalue weighted by Crippen LogP contribution is 2.33. The van der Waals surface area contributed by atoms with Crippen molar-refractivity contribution in [3.8, 4) is 11.5 Å². The highest BCUT2D eigenvalue weighted by atomic mass is 32.2. The van der Waals surface area contributed by atoms with Crippen LogP contribution >= 0.6 is 11.8 Å². The molecule has 0 aromatic heterocycles. The maximum Gasteiger partial charge on any atom is 0.161 e. The number of ether oxygens (including phenoxy) is 2. The van der Waals surface area contributed by atoms with Crippen LogP contribution in [0, 0.1) is 0 Å². The second-order valence-corrected chi connectivity index (χ2v) is 6.73. The molecule has 2 unspecified atom stereocenters. The van der Waals surface area contributed by atoms with E-state index in [4.69, 9.17) is 14.6 Å². The lowest BCUT2D eigenvalue weighted by Crippen LogP contribution is -2.20. The van der Waals surface area contributed by atoms with Gasteiger partial charge in [0.25, 0.3) is 0 Å². The summed E-state index contributed by atoms with van der Waals surface area (Å²) in [4.78, 5) is 0. The minimum absolute atomic E-state index is 0.252. The second kappa shape index (κ2) is 8.51. The van der Waals surface area contributed by atoms with Gasteiger partial charge in [0.15, 0.2) is 11.5 Å². The molecule has 1 aliphatic rings. The normalized spacial score (nSPS) is 17.1. The minimum Gasteiger partial charge on any atom is -0.490 e. The Morgan fingerprint density at radius 2 is 2.05 bits per heavy atom. The minimum atomic E-state index is 0.252. The monoisotopic (exact) mass is 311 g/mol. The average Bonchev–Trinajstić information content (AvgIpc) is 2.73. The molecule has 0 saturated heterocycles. The molecule has 1 heterocycles. The Kier molecular flexibility index (Phi) is 6.67. The fourth-order valence-electron chi connectivity index (χ4n) is 2.27. The van der Waals surface area contributed by atoms with Crippen LogP contribution in [0.1, 0.15) is 31.4 Å². The van der Waals surface area contributed by atoms with Gasteiger partial charge in [-0.15, -0.1) is 0 Å². The summed E-state index contributed by atoms with van der Waals surface area (Å²) in [7, 11) is 1.98. The summed E-state index contributed by atoms with van der Waals surface area (Å²) in [5, 5.41) is 12.8. The molecular formula is C16H25NO3S. The smallest absolute Gasteiger partial charge is 0.161 e. The maximum atomic E-state index is 8.98. The Morgan fingerprint density at radius 3 is 2.76 bits per heavy atom. The molecule has 0 fully saturated rings. The van der Waals surface area contributed by atoms with Crippen LogP contribution < -0.4 is 14.8 Å². The number of fused-ring (bicyclic) bond motifs is 1. The molecule has 1 aliphatic heterocycles. The van der Waals surface area contributed by atoms with Gasteiger partial charge in [0.05, 0.1) is 13.2 Å². The van der Waals surface area contributed by atoms with Gasteiger partial charge in [-0.3, -0.25) is 0 Å². The Morgan fingerprint density at radius 1 is 1.29 bits per heavy atom. The summed E-state index contributed by atoms with van der Waals surface area (Å²) in [5.41, 5.74) is 1.21. The summed E-state index contributed by atoms with van der Waals surface area (Å²) in [6.45, 7) is 3.84. The second-order valence-electron chi connectivity index (χ2n) is 5.25. The van der Waals surface area contributed by atoms with E-state index in [1.165, 1.54) is 5.56 Å². The van der Waals surface area contributed by atoms with Crippen LogP contribution in [0.2, 0.25) is 0 Å². The zero-order chi connectivity index (χ0) is 15.1. The number of benzene rings is 1. The fraction of sp³-hybridized carbons (Fsp3) is 0.625. The molecule has 1 aromatic rings. The summed E-state index contributed by atoms with van der Waals surface area (Å²) < 4.78 is 11.4. The van der Waals surface area contributed by atoms with E-state index in [-0.39, 0.29) is 12.6 Å². The molecule has 5 heteroatoms. The molecule has 4 nitrogen and oxygen atoms in total. The molecule has 0 radical (unpaired) electrons. The van der Waals surface area contributed by atoms with Crippen molar-refractivity contribution in [2.45, 2.75) is 31.1 Å². The van der Waals surface area contributed by atoms with E-state index >= 15 is 0 Å². The number of hydrogen-bond donors (Lipinski definition) is 2. The molecule has 0 aliphatic carbocycles. The van der Waals surface area contributed by atoms with Crippen LogP contribution in [-0.4, -0.2) is 43.0 Å². The summed E-state index contributed by atoms with van der Waals surface area (Å²) in [6.07, 6.45) is 1.76. The summed E-state index contributed by atoms with van der Waals surface area (Å²) in [5.74, 6) is 2.66. The SMILES string of the molecule is CNC(CSC(C)CCO)c1ccc2c(c1)OCCCO2. The van der Waals surface area contributed by atoms with Gasteiger partial charge >= 0.3 is 0 Å². The third-order valence-electron chi connectivity index (χ3n) is 3.61. The van der Waals surface area contributed by atoms with Gasteiger partial charge in [0, 0.05) is 30.1 Å². The molecule has 2 atom stereocenters. The first kappa shape index (κ1) is 16.5. The molecular weight excluding hydrogens is 286 g/mol. The molecule has 1 aromatic carbocycles. The van der Waals surface area contributed by atoms with Crippen molar-refractivity contribution in [2.75, 3.05) is 32.6 Å². The number of hydrogen-bond acceptors (Lipinski definition) is 5. The number of rotatable bonds is 7. The Hall–Kier alpha value is -0.910. The quantitative estimate of drug-likeness (QED) is 0.811. The molecule has 2 rings (SSSR count). The van der Waals surface area contributed by atoms with Gasteiger partial charge in [-0.2, -0.15) is 11.8 Å². The van der Waals surface area contributed by atoms with Crippen LogP contribution in [0.15, 0.2) is 18.2 Å². The van der Waals surface area contributed by atoms with Crippen LogP contribution in [0.4, 0.5) is 0 Å². The number of thioether (sulfide) groups is 1. The Bertz CT molecular complexity index is 442. The van der Waals surface area contributed by atoms with Crippen molar-refractivity contribution in [3.05, 3.63) is 23.8 Å². The maximum absolute atomic E-state index is 8.98. The van der Waals surface area contributed by atoms with E-state index in [0.717, 1.165) is 36.7 Å². The number of aliphatic hydroxyl groups excluding tert-OH is 1. The molecule has 0 amide bonds. The van der Waals surface area contributed by atoms with Crippen LogP contribution in [-0.2, 0) is 0 Å². The third-order valence-corrected chi connectivity index (χ3v) is 4.94. The predicted molar refractivity (Wildman–Crippen MR) is 87.5 cm³/mol. The van der Waals surface area contributed by atoms with Crippen molar-refractivity contribution in [2.24, 2.45) is 0 Å². The highest BCUT2D eigenvalue weighted by molar-refractivity contribution is 7.99. The van der Waals surface area contributed by atoms with Crippen molar-refractivity contribution in [3.63, 3.8) is 0 Å². The van der Waals surface area contributed by atoms with E-state index in [1.54, 1.807) is 0 Å². The van der Waals surface area contributed by atoms with Crippen LogP contribution in [0.5, 0.6) is 11.5 Å².